The SMILES string of the molecule is CC(C)CN(C[C@H]1OC(C)(C)N(C(=O)O[C@H]2CO[C@H]3OCC[C@H]32)[C@H]1Cc1ccc(OCc2cccc(C(F)(F)F)c2)cc1)S(=O)(=O)c1ccc2c(c1)OCO2. The van der Waals surface area contributed by atoms with Crippen LogP contribution < -0.4 is 14.2 Å². The number of carbonyl (C=O) groups excluding carboxylic acids is 1. The Morgan fingerprint density at radius 2 is 1.76 bits per heavy atom. The number of amides is 1. The third-order valence-corrected chi connectivity index (χ3v) is 12.0. The molecule has 0 aromatic heterocycles. The molecule has 1 amide bonds. The number of rotatable bonds is 12. The molecule has 298 valence electrons. The van der Waals surface area contributed by atoms with Crippen molar-refractivity contribution in [3.05, 3.63) is 83.4 Å². The van der Waals surface area contributed by atoms with E-state index < -0.39 is 58.1 Å². The van der Waals surface area contributed by atoms with Crippen LogP contribution in [0.25, 0.3) is 0 Å². The van der Waals surface area contributed by atoms with Gasteiger partial charge in [0.1, 0.15) is 24.2 Å². The summed E-state index contributed by atoms with van der Waals surface area (Å²) < 4.78 is 110. The molecule has 0 spiro atoms. The normalized spacial score (nSPS) is 24.5. The fraction of sp³-hybridized carbons (Fsp3) is 0.513. The molecule has 5 atom stereocenters. The lowest BCUT2D eigenvalue weighted by Gasteiger charge is -2.34. The summed E-state index contributed by atoms with van der Waals surface area (Å²) in [6.45, 7) is 8.07. The van der Waals surface area contributed by atoms with E-state index >= 15 is 0 Å². The highest BCUT2D eigenvalue weighted by Crippen LogP contribution is 2.40. The highest BCUT2D eigenvalue weighted by Gasteiger charge is 2.53. The number of sulfonamides is 1. The third kappa shape index (κ3) is 8.53. The second kappa shape index (κ2) is 15.4. The molecule has 0 N–H and O–H groups in total. The molecule has 3 aromatic carbocycles. The number of hydrogen-bond acceptors (Lipinski definition) is 10. The lowest BCUT2D eigenvalue weighted by atomic mass is 9.99. The van der Waals surface area contributed by atoms with E-state index in [1.807, 2.05) is 13.8 Å². The minimum absolute atomic E-state index is 0.00249. The summed E-state index contributed by atoms with van der Waals surface area (Å²) in [7, 11) is -4.08. The zero-order valence-corrected chi connectivity index (χ0v) is 31.8. The van der Waals surface area contributed by atoms with E-state index in [4.69, 9.17) is 33.2 Å². The summed E-state index contributed by atoms with van der Waals surface area (Å²) in [5.41, 5.74) is -0.804. The van der Waals surface area contributed by atoms with Crippen LogP contribution in [0.5, 0.6) is 17.2 Å². The van der Waals surface area contributed by atoms with Gasteiger partial charge in [-0.15, -0.1) is 0 Å². The van der Waals surface area contributed by atoms with Gasteiger partial charge in [0.15, 0.2) is 17.8 Å². The van der Waals surface area contributed by atoms with E-state index in [0.717, 1.165) is 17.7 Å². The molecule has 3 aromatic rings. The maximum absolute atomic E-state index is 14.3. The Kier molecular flexibility index (Phi) is 11.0. The van der Waals surface area contributed by atoms with Crippen molar-refractivity contribution in [2.45, 2.75) is 88.5 Å². The molecule has 0 bridgehead atoms. The average Bonchev–Trinajstić information content (AvgIpc) is 3.92. The number of halogens is 3. The van der Waals surface area contributed by atoms with Crippen molar-refractivity contribution in [1.29, 1.82) is 0 Å². The van der Waals surface area contributed by atoms with Crippen molar-refractivity contribution in [2.24, 2.45) is 11.8 Å². The monoisotopic (exact) mass is 790 g/mol. The molecule has 4 aliphatic rings. The van der Waals surface area contributed by atoms with Gasteiger partial charge >= 0.3 is 12.3 Å². The molecule has 0 aliphatic carbocycles. The van der Waals surface area contributed by atoms with Gasteiger partial charge in [0.2, 0.25) is 16.8 Å². The number of carbonyl (C=O) groups is 1. The van der Waals surface area contributed by atoms with Gasteiger partial charge in [-0.05, 0) is 80.1 Å². The van der Waals surface area contributed by atoms with Crippen LogP contribution in [0.3, 0.4) is 0 Å². The number of benzene rings is 3. The maximum Gasteiger partial charge on any atom is 0.416 e. The molecule has 12 nitrogen and oxygen atoms in total. The first kappa shape index (κ1) is 39.2. The largest absolute Gasteiger partial charge is 0.489 e. The zero-order valence-electron chi connectivity index (χ0n) is 31.0. The molecule has 0 unspecified atom stereocenters. The summed E-state index contributed by atoms with van der Waals surface area (Å²) in [6.07, 6.45) is -5.87. The topological polar surface area (TPSA) is 122 Å². The van der Waals surface area contributed by atoms with E-state index in [1.165, 1.54) is 22.5 Å². The van der Waals surface area contributed by atoms with Crippen molar-refractivity contribution >= 4 is 16.1 Å². The van der Waals surface area contributed by atoms with E-state index in [0.29, 0.717) is 35.8 Å². The standard InChI is InChI=1S/C39H45F3N2O10S/c1-24(2)19-43(55(46,47)29-12-13-32-33(18-29)52-23-51-32)20-34-31(44(38(3,4)54-34)37(45)53-35-22-50-36-30(35)14-15-48-36)17-25-8-10-28(11-9-25)49-21-26-6-5-7-27(16-26)39(40,41)42/h5-13,16,18,24,30-31,34-36H,14-15,17,19-23H2,1-4H3/t30-,31-,34+,35-,36+/m0/s1. The zero-order chi connectivity index (χ0) is 39.1. The Balaban J connectivity index is 1.14. The van der Waals surface area contributed by atoms with Crippen LogP contribution in [-0.4, -0.2) is 87.1 Å². The van der Waals surface area contributed by atoms with Crippen LogP contribution in [0, 0.1) is 11.8 Å². The number of nitrogens with zero attached hydrogens (tertiary/aromatic N) is 2. The molecule has 7 rings (SSSR count). The molecule has 55 heavy (non-hydrogen) atoms. The fourth-order valence-electron chi connectivity index (χ4n) is 7.57. The first-order valence-corrected chi connectivity index (χ1v) is 19.7. The van der Waals surface area contributed by atoms with Crippen molar-refractivity contribution in [1.82, 2.24) is 9.21 Å². The predicted molar refractivity (Wildman–Crippen MR) is 191 cm³/mol. The molecule has 4 aliphatic heterocycles. The number of hydrogen-bond donors (Lipinski definition) is 0. The van der Waals surface area contributed by atoms with Gasteiger partial charge in [0, 0.05) is 19.2 Å². The molecule has 4 heterocycles. The van der Waals surface area contributed by atoms with Gasteiger partial charge < -0.3 is 33.2 Å². The van der Waals surface area contributed by atoms with Crippen LogP contribution in [0.2, 0.25) is 0 Å². The van der Waals surface area contributed by atoms with Gasteiger partial charge in [-0.1, -0.05) is 38.1 Å². The summed E-state index contributed by atoms with van der Waals surface area (Å²) >= 11 is 0. The molecule has 0 saturated carbocycles. The van der Waals surface area contributed by atoms with E-state index in [9.17, 15) is 26.4 Å². The Bertz CT molecular complexity index is 1960. The van der Waals surface area contributed by atoms with Gasteiger partial charge in [-0.25, -0.2) is 13.2 Å². The highest BCUT2D eigenvalue weighted by atomic mass is 32.2. The Hall–Kier alpha value is -4.09. The lowest BCUT2D eigenvalue weighted by molar-refractivity contribution is -0.137. The number of ether oxygens (including phenoxy) is 7. The first-order valence-electron chi connectivity index (χ1n) is 18.3. The molecular formula is C39H45F3N2O10S. The van der Waals surface area contributed by atoms with Crippen LogP contribution in [0.1, 0.15) is 50.8 Å². The van der Waals surface area contributed by atoms with Gasteiger partial charge in [-0.3, -0.25) is 4.90 Å². The van der Waals surface area contributed by atoms with Gasteiger partial charge in [0.25, 0.3) is 0 Å². The van der Waals surface area contributed by atoms with Crippen molar-refractivity contribution in [3.8, 4) is 17.2 Å². The van der Waals surface area contributed by atoms with E-state index in [1.54, 1.807) is 55.1 Å². The minimum atomic E-state index is -4.46. The minimum Gasteiger partial charge on any atom is -0.489 e. The summed E-state index contributed by atoms with van der Waals surface area (Å²) in [5.74, 6) is 1.08. The Morgan fingerprint density at radius 3 is 2.51 bits per heavy atom. The quantitative estimate of drug-likeness (QED) is 0.198. The average molecular weight is 791 g/mol. The second-order valence-electron chi connectivity index (χ2n) is 15.1. The van der Waals surface area contributed by atoms with Gasteiger partial charge in [0.05, 0.1) is 41.7 Å². The summed E-state index contributed by atoms with van der Waals surface area (Å²) in [5, 5.41) is 0. The molecule has 0 radical (unpaired) electrons. The predicted octanol–water partition coefficient (Wildman–Crippen LogP) is 6.61. The summed E-state index contributed by atoms with van der Waals surface area (Å²) in [4.78, 5) is 15.8. The number of fused-ring (bicyclic) bond motifs is 2. The maximum atomic E-state index is 14.3. The Morgan fingerprint density at radius 1 is 1.00 bits per heavy atom. The fourth-order valence-corrected chi connectivity index (χ4v) is 9.21. The van der Waals surface area contributed by atoms with E-state index in [-0.39, 0.29) is 56.2 Å². The Labute approximate surface area is 318 Å². The lowest BCUT2D eigenvalue weighted by Crippen LogP contribution is -2.51. The van der Waals surface area contributed by atoms with Crippen LogP contribution in [0.4, 0.5) is 18.0 Å². The van der Waals surface area contributed by atoms with Crippen LogP contribution in [0.15, 0.2) is 71.6 Å². The third-order valence-electron chi connectivity index (χ3n) is 10.2. The number of alkyl halides is 3. The van der Waals surface area contributed by atoms with Crippen molar-refractivity contribution in [2.75, 3.05) is 33.1 Å². The second-order valence-corrected chi connectivity index (χ2v) is 17.0. The molecule has 3 fully saturated rings. The summed E-state index contributed by atoms with van der Waals surface area (Å²) in [6, 6.07) is 15.8. The van der Waals surface area contributed by atoms with Crippen molar-refractivity contribution in [3.63, 3.8) is 0 Å². The first-order chi connectivity index (χ1) is 26.1. The smallest absolute Gasteiger partial charge is 0.416 e. The van der Waals surface area contributed by atoms with E-state index in [2.05, 4.69) is 0 Å². The molecule has 3 saturated heterocycles. The van der Waals surface area contributed by atoms with Crippen LogP contribution in [-0.2, 0) is 48.2 Å². The highest BCUT2D eigenvalue weighted by molar-refractivity contribution is 7.89. The van der Waals surface area contributed by atoms with Gasteiger partial charge in [-0.2, -0.15) is 17.5 Å². The molecular weight excluding hydrogens is 745 g/mol. The molecule has 16 heteroatoms. The van der Waals surface area contributed by atoms with Crippen molar-refractivity contribution < 1.29 is 59.5 Å². The van der Waals surface area contributed by atoms with Crippen LogP contribution >= 0.6 is 0 Å².